The molecular formula is C28H45NO6. The van der Waals surface area contributed by atoms with Crippen LogP contribution in [0.5, 0.6) is 0 Å². The van der Waals surface area contributed by atoms with Crippen molar-refractivity contribution in [2.75, 3.05) is 13.6 Å². The Labute approximate surface area is 210 Å². The number of Topliss-reactive ketones (excluding diaryl/α,β-unsaturated/α-hetero) is 1. The van der Waals surface area contributed by atoms with Gasteiger partial charge in [0.15, 0.2) is 0 Å². The first kappa shape index (κ1) is 27.9. The molecule has 7 heteroatoms. The van der Waals surface area contributed by atoms with Gasteiger partial charge in [-0.2, -0.15) is 0 Å². The van der Waals surface area contributed by atoms with E-state index < -0.39 is 5.60 Å². The number of rotatable bonds is 7. The first-order valence-corrected chi connectivity index (χ1v) is 13.2. The quantitative estimate of drug-likeness (QED) is 0.407. The number of allylic oxidation sites excluding steroid dienone is 1. The van der Waals surface area contributed by atoms with E-state index in [2.05, 4.69) is 33.0 Å². The predicted octanol–water partition coefficient (Wildman–Crippen LogP) is 4.17. The molecule has 6 unspecified atom stereocenters. The molecule has 3 aliphatic rings. The minimum atomic E-state index is -1.11. The van der Waals surface area contributed by atoms with Crippen LogP contribution in [0.2, 0.25) is 0 Å². The molecule has 198 valence electrons. The summed E-state index contributed by atoms with van der Waals surface area (Å²) in [5, 5.41) is 13.0. The van der Waals surface area contributed by atoms with Crippen LogP contribution >= 0.6 is 0 Å². The molecule has 0 bridgehead atoms. The zero-order chi connectivity index (χ0) is 26.2. The second-order valence-corrected chi connectivity index (χ2v) is 12.6. The Morgan fingerprint density at radius 2 is 1.89 bits per heavy atom. The Bertz CT molecular complexity index is 856. The highest BCUT2D eigenvalue weighted by atomic mass is 16.5. The molecule has 0 aromatic rings. The largest absolute Gasteiger partial charge is 0.462 e. The maximum Gasteiger partial charge on any atom is 0.311 e. The van der Waals surface area contributed by atoms with Crippen molar-refractivity contribution in [1.29, 1.82) is 0 Å². The van der Waals surface area contributed by atoms with Gasteiger partial charge in [0.2, 0.25) is 0 Å². The molecule has 3 saturated carbocycles. The predicted molar refractivity (Wildman–Crippen MR) is 133 cm³/mol. The average Bonchev–Trinajstić information content (AvgIpc) is 2.74. The number of fused-ring (bicyclic) bond motifs is 3. The van der Waals surface area contributed by atoms with Crippen molar-refractivity contribution >= 4 is 17.7 Å². The zero-order valence-electron chi connectivity index (χ0n) is 22.6. The highest BCUT2D eigenvalue weighted by Gasteiger charge is 2.62. The maximum atomic E-state index is 13.6. The Hall–Kier alpha value is -1.73. The summed E-state index contributed by atoms with van der Waals surface area (Å²) in [4.78, 5) is 38.0. The number of nitrogens with one attached hydrogen (secondary N) is 1. The van der Waals surface area contributed by atoms with Gasteiger partial charge in [-0.1, -0.05) is 27.7 Å². The molecular weight excluding hydrogens is 446 g/mol. The van der Waals surface area contributed by atoms with E-state index in [0.717, 1.165) is 31.3 Å². The standard InChI is InChI=1S/C28H45NO6/c1-17-18(16-34-23(31)11-13-29-7)8-9-19-25(17)20(30)14-21-27(4,5)22(10-12-28(19,21)6)35-24(32)15-26(2,3)33/h16-17,19,21-22,25,29,33H,8-15H2,1-7H3. The lowest BCUT2D eigenvalue weighted by Crippen LogP contribution is -2.60. The van der Waals surface area contributed by atoms with Gasteiger partial charge < -0.3 is 19.9 Å². The highest BCUT2D eigenvalue weighted by molar-refractivity contribution is 5.84. The number of esters is 2. The molecule has 0 spiro atoms. The van der Waals surface area contributed by atoms with Gasteiger partial charge >= 0.3 is 11.9 Å². The van der Waals surface area contributed by atoms with E-state index in [0.29, 0.717) is 19.4 Å². The van der Waals surface area contributed by atoms with E-state index in [-0.39, 0.29) is 64.7 Å². The Kier molecular flexibility index (Phi) is 8.22. The molecule has 35 heavy (non-hydrogen) atoms. The summed E-state index contributed by atoms with van der Waals surface area (Å²) in [5.41, 5.74) is -0.424. The van der Waals surface area contributed by atoms with Gasteiger partial charge in [-0.05, 0) is 75.3 Å². The zero-order valence-corrected chi connectivity index (χ0v) is 22.6. The molecule has 3 rings (SSSR count). The Morgan fingerprint density at radius 1 is 1.20 bits per heavy atom. The first-order chi connectivity index (χ1) is 16.2. The molecule has 3 fully saturated rings. The summed E-state index contributed by atoms with van der Waals surface area (Å²) < 4.78 is 11.3. The van der Waals surface area contributed by atoms with Crippen molar-refractivity contribution in [3.8, 4) is 0 Å². The lowest BCUT2D eigenvalue weighted by molar-refractivity contribution is -0.191. The van der Waals surface area contributed by atoms with Gasteiger partial charge in [-0.15, -0.1) is 0 Å². The normalized spacial score (nSPS) is 35.7. The van der Waals surface area contributed by atoms with Crippen LogP contribution in [0.15, 0.2) is 11.8 Å². The van der Waals surface area contributed by atoms with Gasteiger partial charge in [0.25, 0.3) is 0 Å². The van der Waals surface area contributed by atoms with Crippen LogP contribution in [0.25, 0.3) is 0 Å². The fraction of sp³-hybridized carbons (Fsp3) is 0.821. The van der Waals surface area contributed by atoms with Crippen LogP contribution in [0.3, 0.4) is 0 Å². The van der Waals surface area contributed by atoms with Crippen molar-refractivity contribution in [1.82, 2.24) is 5.32 Å². The number of ether oxygens (including phenoxy) is 2. The van der Waals surface area contributed by atoms with Gasteiger partial charge in [0, 0.05) is 24.3 Å². The van der Waals surface area contributed by atoms with Crippen molar-refractivity contribution in [2.45, 2.75) is 98.2 Å². The van der Waals surface area contributed by atoms with Crippen LogP contribution in [-0.4, -0.2) is 48.1 Å². The summed E-state index contributed by atoms with van der Waals surface area (Å²) in [6, 6.07) is 0. The van der Waals surface area contributed by atoms with Gasteiger partial charge in [0.05, 0.1) is 24.7 Å². The minimum Gasteiger partial charge on any atom is -0.462 e. The lowest BCUT2D eigenvalue weighted by Gasteiger charge is -2.62. The van der Waals surface area contributed by atoms with Crippen molar-refractivity contribution < 1.29 is 29.0 Å². The third kappa shape index (κ3) is 5.82. The smallest absolute Gasteiger partial charge is 0.311 e. The van der Waals surface area contributed by atoms with E-state index in [1.165, 1.54) is 0 Å². The Morgan fingerprint density at radius 3 is 2.51 bits per heavy atom. The van der Waals surface area contributed by atoms with E-state index in [1.807, 2.05) is 0 Å². The van der Waals surface area contributed by atoms with E-state index in [9.17, 15) is 19.5 Å². The second kappa shape index (κ2) is 10.3. The number of aliphatic hydroxyl groups is 1. The molecule has 2 N–H and O–H groups in total. The van der Waals surface area contributed by atoms with Crippen LogP contribution in [0.1, 0.15) is 86.5 Å². The monoisotopic (exact) mass is 491 g/mol. The molecule has 0 heterocycles. The number of carbonyl (C=O) groups is 3. The minimum absolute atomic E-state index is 0.0233. The summed E-state index contributed by atoms with van der Waals surface area (Å²) in [6.07, 6.45) is 5.46. The van der Waals surface area contributed by atoms with Crippen LogP contribution in [0, 0.1) is 34.5 Å². The van der Waals surface area contributed by atoms with Gasteiger partial charge in [0.1, 0.15) is 11.9 Å². The summed E-state index contributed by atoms with van der Waals surface area (Å²) in [5.74, 6) is -0.0258. The van der Waals surface area contributed by atoms with Crippen LogP contribution in [0.4, 0.5) is 0 Å². The molecule has 3 aliphatic carbocycles. The topological polar surface area (TPSA) is 102 Å². The Balaban J connectivity index is 1.76. The van der Waals surface area contributed by atoms with Crippen molar-refractivity contribution in [2.24, 2.45) is 34.5 Å². The molecule has 0 aliphatic heterocycles. The summed E-state index contributed by atoms with van der Waals surface area (Å²) in [7, 11) is 1.80. The fourth-order valence-electron chi connectivity index (χ4n) is 7.25. The van der Waals surface area contributed by atoms with E-state index in [4.69, 9.17) is 9.47 Å². The maximum absolute atomic E-state index is 13.6. The number of hydrogen-bond acceptors (Lipinski definition) is 7. The number of hydrogen-bond donors (Lipinski definition) is 2. The molecule has 0 amide bonds. The third-order valence-electron chi connectivity index (χ3n) is 9.17. The molecule has 0 radical (unpaired) electrons. The third-order valence-corrected chi connectivity index (χ3v) is 9.17. The van der Waals surface area contributed by atoms with Gasteiger partial charge in [-0.3, -0.25) is 14.4 Å². The van der Waals surface area contributed by atoms with E-state index in [1.54, 1.807) is 27.2 Å². The first-order valence-electron chi connectivity index (χ1n) is 13.2. The van der Waals surface area contributed by atoms with Crippen molar-refractivity contribution in [3.05, 3.63) is 11.8 Å². The van der Waals surface area contributed by atoms with Crippen molar-refractivity contribution in [3.63, 3.8) is 0 Å². The average molecular weight is 492 g/mol. The molecule has 0 saturated heterocycles. The van der Waals surface area contributed by atoms with Crippen LogP contribution in [-0.2, 0) is 23.9 Å². The molecule has 0 aromatic heterocycles. The summed E-state index contributed by atoms with van der Waals surface area (Å²) in [6.45, 7) is 12.5. The SMILES string of the molecule is CNCCC(=O)OC=C1CCC2C(C(=O)CC3C(C)(C)C(OC(=O)CC(C)(C)O)CCC23C)C1C. The highest BCUT2D eigenvalue weighted by Crippen LogP contribution is 2.64. The second-order valence-electron chi connectivity index (χ2n) is 12.6. The fourth-order valence-corrected chi connectivity index (χ4v) is 7.25. The molecule has 0 aromatic carbocycles. The number of carbonyl (C=O) groups excluding carboxylic acids is 3. The number of ketones is 1. The lowest BCUT2D eigenvalue weighted by atomic mass is 9.42. The summed E-state index contributed by atoms with van der Waals surface area (Å²) >= 11 is 0. The van der Waals surface area contributed by atoms with E-state index >= 15 is 0 Å². The van der Waals surface area contributed by atoms with Crippen LogP contribution < -0.4 is 5.32 Å². The molecule has 7 nitrogen and oxygen atoms in total. The molecule has 6 atom stereocenters. The van der Waals surface area contributed by atoms with Gasteiger partial charge in [-0.25, -0.2) is 0 Å².